The Labute approximate surface area is 221 Å². The first-order valence-electron chi connectivity index (χ1n) is 12.9. The third-order valence-corrected chi connectivity index (χ3v) is 9.31. The zero-order valence-electron chi connectivity index (χ0n) is 21.5. The maximum atomic E-state index is 14.0. The van der Waals surface area contributed by atoms with Crippen LogP contribution >= 0.6 is 23.1 Å². The van der Waals surface area contributed by atoms with Crippen molar-refractivity contribution in [2.75, 3.05) is 4.90 Å². The highest BCUT2D eigenvalue weighted by Crippen LogP contribution is 2.41. The van der Waals surface area contributed by atoms with Crippen LogP contribution in [-0.4, -0.2) is 43.7 Å². The number of H-pyrrole nitrogens is 1. The van der Waals surface area contributed by atoms with E-state index in [0.29, 0.717) is 21.7 Å². The topological polar surface area (TPSA) is 99.2 Å². The quantitative estimate of drug-likeness (QED) is 0.432. The molecule has 2 aliphatic carbocycles. The van der Waals surface area contributed by atoms with Crippen molar-refractivity contribution in [3.63, 3.8) is 0 Å². The summed E-state index contributed by atoms with van der Waals surface area (Å²) in [6.07, 6.45) is 9.15. The number of aromatic nitrogens is 3. The van der Waals surface area contributed by atoms with Crippen molar-refractivity contribution in [2.45, 2.75) is 95.4 Å². The van der Waals surface area contributed by atoms with Gasteiger partial charge in [0.05, 0.1) is 16.8 Å². The zero-order chi connectivity index (χ0) is 25.9. The summed E-state index contributed by atoms with van der Waals surface area (Å²) in [5.41, 5.74) is 0.338. The molecule has 2 aromatic heterocycles. The number of nitrogens with one attached hydrogen (secondary N) is 1. The first-order valence-corrected chi connectivity index (χ1v) is 14.6. The lowest BCUT2D eigenvalue weighted by molar-refractivity contribution is -0.124. The normalized spacial score (nSPS) is 24.6. The van der Waals surface area contributed by atoms with E-state index in [1.165, 1.54) is 11.3 Å². The van der Waals surface area contributed by atoms with Crippen LogP contribution < -0.4 is 4.90 Å². The second-order valence-corrected chi connectivity index (χ2v) is 13.6. The van der Waals surface area contributed by atoms with Gasteiger partial charge < -0.3 is 10.0 Å². The molecule has 9 heteroatoms. The Morgan fingerprint density at radius 2 is 1.83 bits per heavy atom. The second-order valence-electron chi connectivity index (χ2n) is 11.2. The summed E-state index contributed by atoms with van der Waals surface area (Å²) in [5, 5.41) is 22.0. The van der Waals surface area contributed by atoms with Gasteiger partial charge in [-0.1, -0.05) is 24.0 Å². The van der Waals surface area contributed by atoms with Gasteiger partial charge in [0.25, 0.3) is 0 Å². The van der Waals surface area contributed by atoms with E-state index in [1.807, 2.05) is 31.7 Å². The van der Waals surface area contributed by atoms with Crippen molar-refractivity contribution in [1.82, 2.24) is 15.4 Å². The lowest BCUT2D eigenvalue weighted by Gasteiger charge is -2.39. The van der Waals surface area contributed by atoms with Crippen molar-refractivity contribution >= 4 is 40.7 Å². The van der Waals surface area contributed by atoms with Crippen molar-refractivity contribution in [1.29, 1.82) is 0 Å². The van der Waals surface area contributed by atoms with Crippen molar-refractivity contribution in [2.24, 2.45) is 17.3 Å². The summed E-state index contributed by atoms with van der Waals surface area (Å²) >= 11 is 2.92. The number of hydrogen-bond acceptors (Lipinski definition) is 6. The molecule has 4 rings (SSSR count). The van der Waals surface area contributed by atoms with Crippen LogP contribution in [0.15, 0.2) is 17.3 Å². The first kappa shape index (κ1) is 26.7. The highest BCUT2D eigenvalue weighted by atomic mass is 32.2. The number of aromatic carboxylic acids is 1. The van der Waals surface area contributed by atoms with Gasteiger partial charge in [0.15, 0.2) is 0 Å². The average Bonchev–Trinajstić information content (AvgIpc) is 3.49. The molecule has 0 atom stereocenters. The van der Waals surface area contributed by atoms with Gasteiger partial charge in [0.2, 0.25) is 5.91 Å². The van der Waals surface area contributed by atoms with E-state index >= 15 is 0 Å². The highest BCUT2D eigenvalue weighted by Gasteiger charge is 2.37. The van der Waals surface area contributed by atoms with E-state index in [4.69, 9.17) is 0 Å². The number of aromatic amines is 1. The van der Waals surface area contributed by atoms with Gasteiger partial charge in [-0.2, -0.15) is 0 Å². The first-order chi connectivity index (χ1) is 17.1. The Kier molecular flexibility index (Phi) is 8.46. The van der Waals surface area contributed by atoms with Crippen LogP contribution in [0.5, 0.6) is 0 Å². The molecular formula is C27H36N4O3S2. The third-order valence-electron chi connectivity index (χ3n) is 7.02. The van der Waals surface area contributed by atoms with Gasteiger partial charge in [-0.05, 0) is 84.1 Å². The number of carbonyl (C=O) groups excluding carboxylic acids is 1. The molecule has 0 saturated heterocycles. The third kappa shape index (κ3) is 6.71. The molecule has 1 amide bonds. The number of thiophene rings is 1. The van der Waals surface area contributed by atoms with E-state index < -0.39 is 5.97 Å². The highest BCUT2D eigenvalue weighted by molar-refractivity contribution is 7.99. The molecule has 0 radical (unpaired) electrons. The number of thioether (sulfide) groups is 1. The molecule has 2 saturated carbocycles. The van der Waals surface area contributed by atoms with E-state index in [9.17, 15) is 14.7 Å². The molecule has 0 aliphatic heterocycles. The minimum absolute atomic E-state index is 0.00952. The van der Waals surface area contributed by atoms with Gasteiger partial charge in [-0.15, -0.1) is 28.2 Å². The molecule has 0 aromatic carbocycles. The van der Waals surface area contributed by atoms with Crippen molar-refractivity contribution in [3.05, 3.63) is 22.0 Å². The van der Waals surface area contributed by atoms with E-state index in [-0.39, 0.29) is 28.2 Å². The second kappa shape index (κ2) is 11.4. The minimum Gasteiger partial charge on any atom is -0.477 e. The summed E-state index contributed by atoms with van der Waals surface area (Å²) in [7, 11) is 0. The number of carboxylic acids is 1. The molecule has 2 aliphatic rings. The zero-order valence-corrected chi connectivity index (χ0v) is 23.2. The lowest BCUT2D eigenvalue weighted by Crippen LogP contribution is -2.46. The van der Waals surface area contributed by atoms with E-state index in [0.717, 1.165) is 56.4 Å². The number of carboxylic acid groups (broad SMARTS) is 1. The molecule has 194 valence electrons. The molecule has 36 heavy (non-hydrogen) atoms. The molecule has 2 aromatic rings. The van der Waals surface area contributed by atoms with E-state index in [2.05, 4.69) is 34.2 Å². The summed E-state index contributed by atoms with van der Waals surface area (Å²) in [6, 6.07) is 1.83. The number of rotatable bonds is 6. The van der Waals surface area contributed by atoms with Crippen molar-refractivity contribution < 1.29 is 14.7 Å². The predicted molar refractivity (Wildman–Crippen MR) is 145 cm³/mol. The van der Waals surface area contributed by atoms with Gasteiger partial charge in [-0.25, -0.2) is 4.79 Å². The largest absolute Gasteiger partial charge is 0.477 e. The smallest absolute Gasteiger partial charge is 0.348 e. The summed E-state index contributed by atoms with van der Waals surface area (Å²) in [4.78, 5) is 29.1. The summed E-state index contributed by atoms with van der Waals surface area (Å²) in [5.74, 6) is 6.06. The van der Waals surface area contributed by atoms with Crippen LogP contribution in [0.4, 0.5) is 5.69 Å². The maximum Gasteiger partial charge on any atom is 0.348 e. The molecule has 7 nitrogen and oxygen atoms in total. The number of nitrogens with zero attached hydrogens (tertiary/aromatic N) is 3. The monoisotopic (exact) mass is 528 g/mol. The Balaban J connectivity index is 1.62. The molecule has 0 spiro atoms. The van der Waals surface area contributed by atoms with Gasteiger partial charge in [-0.3, -0.25) is 9.89 Å². The Bertz CT molecular complexity index is 1110. The van der Waals surface area contributed by atoms with E-state index in [1.54, 1.807) is 18.0 Å². The molecule has 0 unspecified atom stereocenters. The lowest BCUT2D eigenvalue weighted by atomic mass is 9.81. The minimum atomic E-state index is -0.995. The predicted octanol–water partition coefficient (Wildman–Crippen LogP) is 6.22. The van der Waals surface area contributed by atoms with Crippen LogP contribution in [0.3, 0.4) is 0 Å². The summed E-state index contributed by atoms with van der Waals surface area (Å²) in [6.45, 7) is 8.33. The molecular weight excluding hydrogens is 492 g/mol. The average molecular weight is 529 g/mol. The molecule has 2 heterocycles. The standard InChI is InChI=1S/C27H36N4O3S2/c1-17-5-7-18(8-6-17)25(32)31(19-9-11-20(12-10-19)35-23-16-28-30-29-23)22-15-21(13-14-27(2,3)4)36-24(22)26(33)34/h15-20H,5-12H2,1-4H3,(H,33,34)(H,28,29,30)/t17-,18-,19-,20-. The van der Waals surface area contributed by atoms with Crippen LogP contribution in [0.2, 0.25) is 0 Å². The van der Waals surface area contributed by atoms with Crippen molar-refractivity contribution in [3.8, 4) is 11.8 Å². The Morgan fingerprint density at radius 3 is 2.42 bits per heavy atom. The molecule has 2 fully saturated rings. The molecule has 2 N–H and O–H groups in total. The fourth-order valence-electron chi connectivity index (χ4n) is 5.07. The number of amides is 1. The fraction of sp³-hybridized carbons (Fsp3) is 0.630. The fourth-order valence-corrected chi connectivity index (χ4v) is 6.98. The van der Waals surface area contributed by atoms with Crippen LogP contribution in [-0.2, 0) is 4.79 Å². The maximum absolute atomic E-state index is 14.0. The Morgan fingerprint density at radius 1 is 1.14 bits per heavy atom. The number of anilines is 1. The molecule has 0 bridgehead atoms. The number of hydrogen-bond donors (Lipinski definition) is 2. The van der Waals surface area contributed by atoms with Gasteiger partial charge in [0, 0.05) is 22.6 Å². The number of carbonyl (C=O) groups is 2. The van der Waals surface area contributed by atoms with Crippen LogP contribution in [0.25, 0.3) is 0 Å². The van der Waals surface area contributed by atoms with Crippen LogP contribution in [0, 0.1) is 29.1 Å². The van der Waals surface area contributed by atoms with Crippen LogP contribution in [0.1, 0.15) is 93.6 Å². The Hall–Kier alpha value is -2.31. The van der Waals surface area contributed by atoms with Gasteiger partial charge >= 0.3 is 5.97 Å². The van der Waals surface area contributed by atoms with Gasteiger partial charge in [0.1, 0.15) is 9.90 Å². The SMILES string of the molecule is CC(C)(C)C#Cc1cc(N(C(=O)[C@H]2CC[C@H](C)CC2)[C@H]2CC[C@H](Sc3cnn[nH]3)CC2)c(C(=O)O)s1. The summed E-state index contributed by atoms with van der Waals surface area (Å²) < 4.78 is 0.